The topological polar surface area (TPSA) is 73.6 Å². The van der Waals surface area contributed by atoms with Gasteiger partial charge in [0.15, 0.2) is 11.5 Å². The van der Waals surface area contributed by atoms with Gasteiger partial charge in [0.05, 0.1) is 7.11 Å². The van der Waals surface area contributed by atoms with Crippen LogP contribution in [0.25, 0.3) is 0 Å². The molecule has 1 amide bonds. The van der Waals surface area contributed by atoms with E-state index in [1.807, 2.05) is 31.2 Å². The van der Waals surface area contributed by atoms with Crippen molar-refractivity contribution in [2.24, 2.45) is 5.84 Å². The van der Waals surface area contributed by atoms with Crippen molar-refractivity contribution >= 4 is 5.91 Å². The second kappa shape index (κ2) is 6.76. The molecule has 0 bridgehead atoms. The van der Waals surface area contributed by atoms with Crippen LogP contribution in [0.2, 0.25) is 0 Å². The molecule has 21 heavy (non-hydrogen) atoms. The zero-order chi connectivity index (χ0) is 15.2. The molecule has 2 rings (SSSR count). The number of nitrogen functional groups attached to an aromatic ring is 1. The van der Waals surface area contributed by atoms with Crippen LogP contribution in [-0.4, -0.2) is 13.0 Å². The average molecular weight is 286 g/mol. The molecule has 0 spiro atoms. The zero-order valence-electron chi connectivity index (χ0n) is 12.1. The summed E-state index contributed by atoms with van der Waals surface area (Å²) in [7, 11) is 1.61. The third kappa shape index (κ3) is 3.73. The number of amides is 1. The van der Waals surface area contributed by atoms with Crippen molar-refractivity contribution in [2.75, 3.05) is 7.11 Å². The van der Waals surface area contributed by atoms with E-state index < -0.39 is 0 Å². The normalized spacial score (nSPS) is 10.0. The predicted octanol–water partition coefficient (Wildman–Crippen LogP) is 2.19. The molecule has 5 nitrogen and oxygen atoms in total. The molecule has 0 aromatic heterocycles. The van der Waals surface area contributed by atoms with E-state index in [2.05, 4.69) is 5.43 Å². The van der Waals surface area contributed by atoms with Gasteiger partial charge in [-0.15, -0.1) is 0 Å². The van der Waals surface area contributed by atoms with E-state index in [-0.39, 0.29) is 5.91 Å². The lowest BCUT2D eigenvalue weighted by molar-refractivity contribution is 0.0953. The molecular weight excluding hydrogens is 268 g/mol. The fraction of sp³-hybridized carbons (Fsp3) is 0.188. The number of carbonyl (C=O) groups excluding carboxylic acids is 1. The molecule has 0 radical (unpaired) electrons. The summed E-state index contributed by atoms with van der Waals surface area (Å²) in [4.78, 5) is 11.5. The molecule has 0 heterocycles. The number of hydrazine groups is 1. The van der Waals surface area contributed by atoms with Crippen molar-refractivity contribution in [1.29, 1.82) is 0 Å². The van der Waals surface area contributed by atoms with Gasteiger partial charge in [0.2, 0.25) is 0 Å². The summed E-state index contributed by atoms with van der Waals surface area (Å²) in [5.74, 6) is 6.14. The Hall–Kier alpha value is -2.53. The standard InChI is InChI=1S/C16H18N2O3/c1-11-6-7-14(15(8-11)20-2)21-10-12-4-3-5-13(9-12)16(19)18-17/h3-9H,10,17H2,1-2H3,(H,18,19). The molecule has 0 saturated carbocycles. The lowest BCUT2D eigenvalue weighted by Gasteiger charge is -2.11. The number of hydrogen-bond donors (Lipinski definition) is 2. The van der Waals surface area contributed by atoms with Gasteiger partial charge in [-0.25, -0.2) is 5.84 Å². The van der Waals surface area contributed by atoms with Crippen LogP contribution >= 0.6 is 0 Å². The van der Waals surface area contributed by atoms with Gasteiger partial charge in [-0.05, 0) is 42.3 Å². The highest BCUT2D eigenvalue weighted by Crippen LogP contribution is 2.28. The van der Waals surface area contributed by atoms with Gasteiger partial charge >= 0.3 is 0 Å². The number of aryl methyl sites for hydroxylation is 1. The maximum atomic E-state index is 11.5. The Balaban J connectivity index is 2.11. The first-order chi connectivity index (χ1) is 10.1. The Labute approximate surface area is 123 Å². The van der Waals surface area contributed by atoms with Gasteiger partial charge in [-0.2, -0.15) is 0 Å². The number of hydrogen-bond acceptors (Lipinski definition) is 4. The summed E-state index contributed by atoms with van der Waals surface area (Å²) < 4.78 is 11.0. The van der Waals surface area contributed by atoms with E-state index in [4.69, 9.17) is 15.3 Å². The van der Waals surface area contributed by atoms with Crippen molar-refractivity contribution in [1.82, 2.24) is 5.43 Å². The number of benzene rings is 2. The van der Waals surface area contributed by atoms with Gasteiger partial charge in [-0.3, -0.25) is 10.2 Å². The van der Waals surface area contributed by atoms with Crippen LogP contribution in [0, 0.1) is 6.92 Å². The SMILES string of the molecule is COc1cc(C)ccc1OCc1cccc(C(=O)NN)c1. The number of methoxy groups -OCH3 is 1. The molecule has 2 aromatic carbocycles. The van der Waals surface area contributed by atoms with E-state index in [0.29, 0.717) is 23.7 Å². The quantitative estimate of drug-likeness (QED) is 0.502. The number of rotatable bonds is 5. The Morgan fingerprint density at radius 2 is 2.00 bits per heavy atom. The summed E-state index contributed by atoms with van der Waals surface area (Å²) >= 11 is 0. The number of nitrogens with one attached hydrogen (secondary N) is 1. The molecule has 0 saturated heterocycles. The summed E-state index contributed by atoms with van der Waals surface area (Å²) in [5.41, 5.74) is 4.57. The molecule has 0 aliphatic heterocycles. The van der Waals surface area contributed by atoms with Gasteiger partial charge in [0.25, 0.3) is 5.91 Å². The van der Waals surface area contributed by atoms with E-state index >= 15 is 0 Å². The second-order valence-electron chi connectivity index (χ2n) is 4.62. The Morgan fingerprint density at radius 3 is 2.71 bits per heavy atom. The van der Waals surface area contributed by atoms with Gasteiger partial charge in [0, 0.05) is 5.56 Å². The Morgan fingerprint density at radius 1 is 1.19 bits per heavy atom. The highest BCUT2D eigenvalue weighted by atomic mass is 16.5. The van der Waals surface area contributed by atoms with Crippen LogP contribution in [-0.2, 0) is 6.61 Å². The first kappa shape index (κ1) is 14.9. The van der Waals surface area contributed by atoms with Crippen LogP contribution in [0.3, 0.4) is 0 Å². The van der Waals surface area contributed by atoms with Crippen molar-refractivity contribution in [3.05, 3.63) is 59.2 Å². The molecule has 5 heteroatoms. The van der Waals surface area contributed by atoms with Crippen LogP contribution in [0.5, 0.6) is 11.5 Å². The van der Waals surface area contributed by atoms with E-state index in [9.17, 15) is 4.79 Å². The van der Waals surface area contributed by atoms with Crippen LogP contribution < -0.4 is 20.7 Å². The van der Waals surface area contributed by atoms with Crippen LogP contribution in [0.15, 0.2) is 42.5 Å². The van der Waals surface area contributed by atoms with E-state index in [1.54, 1.807) is 25.3 Å². The lowest BCUT2D eigenvalue weighted by Crippen LogP contribution is -2.30. The minimum absolute atomic E-state index is 0.329. The minimum atomic E-state index is -0.329. The number of nitrogens with two attached hydrogens (primary N) is 1. The van der Waals surface area contributed by atoms with Crippen LogP contribution in [0.1, 0.15) is 21.5 Å². The molecule has 110 valence electrons. The molecule has 3 N–H and O–H groups in total. The first-order valence-electron chi connectivity index (χ1n) is 6.51. The summed E-state index contributed by atoms with van der Waals surface area (Å²) in [6, 6.07) is 12.8. The molecule has 0 fully saturated rings. The third-order valence-electron chi connectivity index (χ3n) is 3.03. The Bertz CT molecular complexity index is 641. The summed E-state index contributed by atoms with van der Waals surface area (Å²) in [6.07, 6.45) is 0. The molecule has 0 unspecified atom stereocenters. The molecular formula is C16H18N2O3. The zero-order valence-corrected chi connectivity index (χ0v) is 12.1. The largest absolute Gasteiger partial charge is 0.493 e. The van der Waals surface area contributed by atoms with E-state index in [1.165, 1.54) is 0 Å². The molecule has 0 aliphatic rings. The van der Waals surface area contributed by atoms with Crippen molar-refractivity contribution < 1.29 is 14.3 Å². The lowest BCUT2D eigenvalue weighted by atomic mass is 10.1. The Kier molecular flexibility index (Phi) is 4.79. The number of carbonyl (C=O) groups is 1. The summed E-state index contributed by atoms with van der Waals surface area (Å²) in [5, 5.41) is 0. The maximum Gasteiger partial charge on any atom is 0.265 e. The highest BCUT2D eigenvalue weighted by Gasteiger charge is 2.07. The highest BCUT2D eigenvalue weighted by molar-refractivity contribution is 5.93. The summed E-state index contributed by atoms with van der Waals surface area (Å²) in [6.45, 7) is 2.33. The first-order valence-corrected chi connectivity index (χ1v) is 6.51. The third-order valence-corrected chi connectivity index (χ3v) is 3.03. The van der Waals surface area contributed by atoms with Crippen LogP contribution in [0.4, 0.5) is 0 Å². The van der Waals surface area contributed by atoms with Gasteiger partial charge < -0.3 is 9.47 Å². The maximum absolute atomic E-state index is 11.5. The fourth-order valence-electron chi connectivity index (χ4n) is 1.94. The average Bonchev–Trinajstić information content (AvgIpc) is 2.53. The smallest absolute Gasteiger partial charge is 0.265 e. The second-order valence-corrected chi connectivity index (χ2v) is 4.62. The van der Waals surface area contributed by atoms with Crippen molar-refractivity contribution in [2.45, 2.75) is 13.5 Å². The van der Waals surface area contributed by atoms with Gasteiger partial charge in [-0.1, -0.05) is 18.2 Å². The predicted molar refractivity (Wildman–Crippen MR) is 80.2 cm³/mol. The fourth-order valence-corrected chi connectivity index (χ4v) is 1.94. The van der Waals surface area contributed by atoms with Crippen molar-refractivity contribution in [3.8, 4) is 11.5 Å². The molecule has 2 aromatic rings. The van der Waals surface area contributed by atoms with Crippen molar-refractivity contribution in [3.63, 3.8) is 0 Å². The number of ether oxygens (including phenoxy) is 2. The monoisotopic (exact) mass is 286 g/mol. The molecule has 0 atom stereocenters. The van der Waals surface area contributed by atoms with E-state index in [0.717, 1.165) is 11.1 Å². The van der Waals surface area contributed by atoms with Gasteiger partial charge in [0.1, 0.15) is 6.61 Å². The minimum Gasteiger partial charge on any atom is -0.493 e. The molecule has 0 aliphatic carbocycles.